The molecule has 0 amide bonds. The molecule has 0 heterocycles. The topological polar surface area (TPSA) is 98.6 Å². The molecule has 0 bridgehead atoms. The summed E-state index contributed by atoms with van der Waals surface area (Å²) >= 11 is 0. The second kappa shape index (κ2) is 15.2. The summed E-state index contributed by atoms with van der Waals surface area (Å²) in [5, 5.41) is 0. The zero-order valence-corrected chi connectivity index (χ0v) is 16.5. The summed E-state index contributed by atoms with van der Waals surface area (Å²) in [6.45, 7) is 9.63. The van der Waals surface area contributed by atoms with Crippen molar-refractivity contribution < 1.29 is 17.2 Å². The minimum atomic E-state index is -4.16. The summed E-state index contributed by atoms with van der Waals surface area (Å²) < 4.78 is 29.7. The van der Waals surface area contributed by atoms with Gasteiger partial charge in [-0.15, -0.1) is 0 Å². The quantitative estimate of drug-likeness (QED) is 0.452. The van der Waals surface area contributed by atoms with Gasteiger partial charge in [0.05, 0.1) is 7.11 Å². The van der Waals surface area contributed by atoms with E-state index in [2.05, 4.69) is 31.6 Å². The predicted molar refractivity (Wildman–Crippen MR) is 97.1 cm³/mol. The van der Waals surface area contributed by atoms with Gasteiger partial charge in [-0.05, 0) is 0 Å². The summed E-state index contributed by atoms with van der Waals surface area (Å²) in [5.41, 5.74) is 0. The molecule has 0 aliphatic rings. The van der Waals surface area contributed by atoms with Crippen LogP contribution in [0, 0.1) is 0 Å². The predicted octanol–water partition coefficient (Wildman–Crippen LogP) is 4.36. The molecule has 5 nitrogen and oxygen atoms in total. The van der Waals surface area contributed by atoms with Crippen molar-refractivity contribution in [2.45, 2.75) is 59.3 Å². The maximum Gasteiger partial charge on any atom is 0.397 e. The van der Waals surface area contributed by atoms with Crippen molar-refractivity contribution in [2.75, 3.05) is 32.3 Å². The third kappa shape index (κ3) is 20.3. The van der Waals surface area contributed by atoms with Crippen LogP contribution in [0.4, 0.5) is 0 Å². The first-order chi connectivity index (χ1) is 9.24. The molecule has 0 radical (unpaired) electrons. The fourth-order valence-electron chi connectivity index (χ4n) is 2.19. The number of unbranched alkanes of at least 4 members (excludes halogenated alkanes) is 3. The van der Waals surface area contributed by atoms with Crippen LogP contribution in [-0.4, -0.2) is 45.2 Å². The van der Waals surface area contributed by atoms with Crippen LogP contribution in [0.2, 0.25) is 0 Å². The third-order valence-electron chi connectivity index (χ3n) is 3.61. The molecule has 0 aliphatic heterocycles. The van der Waals surface area contributed by atoms with Crippen LogP contribution < -0.4 is 6.15 Å². The zero-order chi connectivity index (χ0) is 16.1. The van der Waals surface area contributed by atoms with Crippen LogP contribution >= 0.6 is 7.26 Å². The Labute approximate surface area is 133 Å². The van der Waals surface area contributed by atoms with Gasteiger partial charge < -0.3 is 6.15 Å². The Kier molecular flexibility index (Phi) is 18.9. The molecule has 7 heteroatoms. The van der Waals surface area contributed by atoms with Gasteiger partial charge in [-0.1, -0.05) is 0 Å². The number of hydrogen-bond donors (Lipinski definition) is 2. The molecule has 0 rings (SSSR count). The van der Waals surface area contributed by atoms with Crippen LogP contribution in [0.5, 0.6) is 0 Å². The minimum absolute atomic E-state index is 0. The second-order valence-electron chi connectivity index (χ2n) is 5.72. The molecule has 0 aromatic rings. The van der Waals surface area contributed by atoms with E-state index in [0.717, 1.165) is 7.11 Å². The van der Waals surface area contributed by atoms with E-state index in [4.69, 9.17) is 4.55 Å². The first-order valence-corrected chi connectivity index (χ1v) is 12.3. The zero-order valence-electron chi connectivity index (χ0n) is 14.7. The summed E-state index contributed by atoms with van der Waals surface area (Å²) in [5.74, 6) is 0. The van der Waals surface area contributed by atoms with Crippen molar-refractivity contribution >= 4 is 17.7 Å². The largest absolute Gasteiger partial charge is 0.397 e. The molecule has 0 atom stereocenters. The van der Waals surface area contributed by atoms with Crippen LogP contribution in [0.3, 0.4) is 0 Å². The van der Waals surface area contributed by atoms with Crippen molar-refractivity contribution in [3.8, 4) is 0 Å². The van der Waals surface area contributed by atoms with Gasteiger partial charge in [-0.3, -0.25) is 8.74 Å². The molecule has 134 valence electrons. The van der Waals surface area contributed by atoms with E-state index < -0.39 is 17.7 Å². The normalized spacial score (nSPS) is 12.1. The Balaban J connectivity index is -0.000000394. The molecule has 0 aromatic carbocycles. The molecule has 0 spiro atoms. The molecular formula is C14H38NO4PS. The SMILES string of the molecule is CCCC[PH](C)(CCCC)CCCC.COS(=O)(=O)O.N. The third-order valence-corrected chi connectivity index (χ3v) is 8.72. The molecule has 0 fully saturated rings. The van der Waals surface area contributed by atoms with Gasteiger partial charge in [-0.25, -0.2) is 0 Å². The Morgan fingerprint density at radius 1 is 0.905 bits per heavy atom. The molecule has 0 saturated carbocycles. The maximum atomic E-state index is 9.33. The van der Waals surface area contributed by atoms with E-state index in [0.29, 0.717) is 0 Å². The fraction of sp³-hybridized carbons (Fsp3) is 1.00. The minimum Gasteiger partial charge on any atom is -0.344 e. The average Bonchev–Trinajstić information content (AvgIpc) is 2.41. The van der Waals surface area contributed by atoms with Gasteiger partial charge in [0.1, 0.15) is 0 Å². The second-order valence-corrected chi connectivity index (χ2v) is 12.0. The van der Waals surface area contributed by atoms with E-state index in [-0.39, 0.29) is 6.15 Å². The van der Waals surface area contributed by atoms with Gasteiger partial charge in [0.2, 0.25) is 0 Å². The molecule has 0 unspecified atom stereocenters. The summed E-state index contributed by atoms with van der Waals surface area (Å²) in [7, 11) is -4.10. The first-order valence-electron chi connectivity index (χ1n) is 7.77. The van der Waals surface area contributed by atoms with Crippen LogP contribution in [0.1, 0.15) is 59.3 Å². The molecular weight excluding hydrogens is 309 g/mol. The summed E-state index contributed by atoms with van der Waals surface area (Å²) in [6.07, 6.45) is 13.4. The maximum absolute atomic E-state index is 9.33. The van der Waals surface area contributed by atoms with Crippen molar-refractivity contribution in [1.29, 1.82) is 0 Å². The van der Waals surface area contributed by atoms with E-state index in [1.165, 1.54) is 38.5 Å². The summed E-state index contributed by atoms with van der Waals surface area (Å²) in [6, 6.07) is 0. The standard InChI is InChI=1S/C13H31P.CH4O4S.H3N/c1-5-8-11-14(4,12-9-6-2)13-10-7-3;1-5-6(2,3)4;/h14H,5-13H2,1-4H3;1H3,(H,2,3,4);1H3. The van der Waals surface area contributed by atoms with Crippen molar-refractivity contribution in [2.24, 2.45) is 0 Å². The van der Waals surface area contributed by atoms with E-state index in [9.17, 15) is 8.42 Å². The Morgan fingerprint density at radius 2 is 1.14 bits per heavy atom. The Morgan fingerprint density at radius 3 is 1.29 bits per heavy atom. The van der Waals surface area contributed by atoms with Crippen LogP contribution in [0.15, 0.2) is 0 Å². The molecule has 0 aliphatic carbocycles. The smallest absolute Gasteiger partial charge is 0.344 e. The number of hydrogen-bond acceptors (Lipinski definition) is 4. The van der Waals surface area contributed by atoms with Gasteiger partial charge >= 0.3 is 102 Å². The fourth-order valence-corrected chi connectivity index (χ4v) is 6.56. The van der Waals surface area contributed by atoms with Crippen molar-refractivity contribution in [3.05, 3.63) is 0 Å². The first kappa shape index (κ1) is 26.2. The van der Waals surface area contributed by atoms with Crippen molar-refractivity contribution in [1.82, 2.24) is 6.15 Å². The molecule has 0 saturated heterocycles. The monoisotopic (exact) mass is 347 g/mol. The summed E-state index contributed by atoms with van der Waals surface area (Å²) in [4.78, 5) is 0. The molecule has 4 N–H and O–H groups in total. The van der Waals surface area contributed by atoms with E-state index in [1.807, 2.05) is 0 Å². The van der Waals surface area contributed by atoms with Gasteiger partial charge in [-0.2, -0.15) is 8.42 Å². The number of rotatable bonds is 10. The van der Waals surface area contributed by atoms with Crippen molar-refractivity contribution in [3.63, 3.8) is 0 Å². The van der Waals surface area contributed by atoms with Gasteiger partial charge in [0.25, 0.3) is 0 Å². The van der Waals surface area contributed by atoms with Crippen LogP contribution in [-0.2, 0) is 14.6 Å². The molecule has 21 heavy (non-hydrogen) atoms. The Bertz CT molecular complexity index is 288. The van der Waals surface area contributed by atoms with E-state index >= 15 is 0 Å². The molecule has 0 aromatic heterocycles. The van der Waals surface area contributed by atoms with Gasteiger partial charge in [0, 0.05) is 0 Å². The van der Waals surface area contributed by atoms with Crippen LogP contribution in [0.25, 0.3) is 0 Å². The van der Waals surface area contributed by atoms with Gasteiger partial charge in [0.15, 0.2) is 0 Å². The Hall–Kier alpha value is 0.260. The average molecular weight is 348 g/mol. The van der Waals surface area contributed by atoms with E-state index in [1.54, 1.807) is 18.5 Å².